The highest BCUT2D eigenvalue weighted by Crippen LogP contribution is 2.16. The first-order valence-corrected chi connectivity index (χ1v) is 6.11. The number of benzene rings is 1. The number of hydrogen-bond donors (Lipinski definition) is 1. The number of likely N-dealkylation sites (tertiary alicyclic amines) is 1. The molecule has 0 bridgehead atoms. The van der Waals surface area contributed by atoms with Crippen LogP contribution in [0, 0.1) is 13.8 Å². The van der Waals surface area contributed by atoms with Gasteiger partial charge in [0.05, 0.1) is 6.10 Å². The molecule has 0 amide bonds. The van der Waals surface area contributed by atoms with Crippen molar-refractivity contribution in [2.24, 2.45) is 0 Å². The van der Waals surface area contributed by atoms with Crippen LogP contribution in [0.15, 0.2) is 18.2 Å². The summed E-state index contributed by atoms with van der Waals surface area (Å²) in [5.41, 5.74) is 4.07. The number of hydrogen-bond acceptors (Lipinski definition) is 2. The van der Waals surface area contributed by atoms with E-state index in [0.717, 1.165) is 32.5 Å². The van der Waals surface area contributed by atoms with E-state index in [0.29, 0.717) is 0 Å². The molecular weight excluding hydrogens is 198 g/mol. The van der Waals surface area contributed by atoms with Crippen LogP contribution in [0.1, 0.15) is 29.5 Å². The maximum Gasteiger partial charge on any atom is 0.0667 e. The van der Waals surface area contributed by atoms with Gasteiger partial charge in [0.1, 0.15) is 0 Å². The average molecular weight is 219 g/mol. The molecule has 0 saturated carbocycles. The van der Waals surface area contributed by atoms with Crippen molar-refractivity contribution in [3.8, 4) is 0 Å². The van der Waals surface area contributed by atoms with E-state index in [9.17, 15) is 5.11 Å². The van der Waals surface area contributed by atoms with Crippen LogP contribution in [0.5, 0.6) is 0 Å². The average Bonchev–Trinajstić information content (AvgIpc) is 2.22. The van der Waals surface area contributed by atoms with Crippen molar-refractivity contribution in [2.75, 3.05) is 13.1 Å². The van der Waals surface area contributed by atoms with Crippen molar-refractivity contribution < 1.29 is 5.11 Å². The quantitative estimate of drug-likeness (QED) is 0.824. The fraction of sp³-hybridized carbons (Fsp3) is 0.571. The molecule has 1 aliphatic rings. The van der Waals surface area contributed by atoms with Crippen molar-refractivity contribution in [1.82, 2.24) is 4.90 Å². The molecule has 1 heterocycles. The molecule has 2 nitrogen and oxygen atoms in total. The van der Waals surface area contributed by atoms with Gasteiger partial charge in [0.15, 0.2) is 0 Å². The fourth-order valence-electron chi connectivity index (χ4n) is 2.44. The molecule has 0 spiro atoms. The number of rotatable bonds is 2. The normalized spacial score (nSPS) is 22.3. The van der Waals surface area contributed by atoms with E-state index >= 15 is 0 Å². The smallest absolute Gasteiger partial charge is 0.0667 e. The molecule has 1 saturated heterocycles. The molecule has 1 aliphatic heterocycles. The van der Waals surface area contributed by atoms with E-state index in [4.69, 9.17) is 0 Å². The van der Waals surface area contributed by atoms with Gasteiger partial charge >= 0.3 is 0 Å². The third-order valence-electron chi connectivity index (χ3n) is 3.37. The predicted molar refractivity (Wildman–Crippen MR) is 66.4 cm³/mol. The Morgan fingerprint density at radius 1 is 1.38 bits per heavy atom. The Morgan fingerprint density at radius 2 is 2.19 bits per heavy atom. The Kier molecular flexibility index (Phi) is 3.62. The van der Waals surface area contributed by atoms with Crippen molar-refractivity contribution in [3.63, 3.8) is 0 Å². The van der Waals surface area contributed by atoms with Crippen LogP contribution >= 0.6 is 0 Å². The van der Waals surface area contributed by atoms with Gasteiger partial charge in [0.2, 0.25) is 0 Å². The summed E-state index contributed by atoms with van der Waals surface area (Å²) in [6.45, 7) is 7.21. The zero-order chi connectivity index (χ0) is 11.5. The lowest BCUT2D eigenvalue weighted by Crippen LogP contribution is -2.37. The fourth-order valence-corrected chi connectivity index (χ4v) is 2.44. The minimum Gasteiger partial charge on any atom is -0.392 e. The zero-order valence-corrected chi connectivity index (χ0v) is 10.2. The van der Waals surface area contributed by atoms with Gasteiger partial charge in [-0.1, -0.05) is 23.8 Å². The standard InChI is InChI=1S/C14H21NO/c1-11-5-6-13(12(2)8-11)9-15-7-3-4-14(16)10-15/h5-6,8,14,16H,3-4,7,9-10H2,1-2H3. The van der Waals surface area contributed by atoms with Gasteiger partial charge in [0.25, 0.3) is 0 Å². The molecule has 88 valence electrons. The number of aryl methyl sites for hydroxylation is 2. The molecule has 1 aromatic rings. The second-order valence-electron chi connectivity index (χ2n) is 4.96. The third-order valence-corrected chi connectivity index (χ3v) is 3.37. The van der Waals surface area contributed by atoms with Crippen LogP contribution in [0.2, 0.25) is 0 Å². The van der Waals surface area contributed by atoms with E-state index in [1.807, 2.05) is 0 Å². The highest BCUT2D eigenvalue weighted by Gasteiger charge is 2.17. The lowest BCUT2D eigenvalue weighted by molar-refractivity contribution is 0.0667. The van der Waals surface area contributed by atoms with Crippen LogP contribution in [-0.4, -0.2) is 29.2 Å². The predicted octanol–water partition coefficient (Wildman–Crippen LogP) is 2.26. The highest BCUT2D eigenvalue weighted by molar-refractivity contribution is 5.30. The van der Waals surface area contributed by atoms with Crippen LogP contribution in [0.25, 0.3) is 0 Å². The number of aliphatic hydroxyl groups is 1. The summed E-state index contributed by atoms with van der Waals surface area (Å²) in [6, 6.07) is 6.62. The maximum atomic E-state index is 9.63. The van der Waals surface area contributed by atoms with Crippen LogP contribution in [0.4, 0.5) is 0 Å². The molecule has 16 heavy (non-hydrogen) atoms. The lowest BCUT2D eigenvalue weighted by atomic mass is 10.0. The number of β-amino-alcohol motifs (C(OH)–C–C–N with tert-alkyl or cyclic N) is 1. The first-order valence-electron chi connectivity index (χ1n) is 6.11. The largest absolute Gasteiger partial charge is 0.392 e. The molecule has 1 aromatic carbocycles. The Labute approximate surface area is 97.9 Å². The first-order chi connectivity index (χ1) is 7.65. The number of nitrogens with zero attached hydrogens (tertiary/aromatic N) is 1. The minimum atomic E-state index is -0.125. The maximum absolute atomic E-state index is 9.63. The Hall–Kier alpha value is -0.860. The van der Waals surface area contributed by atoms with Crippen LogP contribution in [-0.2, 0) is 6.54 Å². The van der Waals surface area contributed by atoms with Crippen LogP contribution in [0.3, 0.4) is 0 Å². The Balaban J connectivity index is 2.02. The zero-order valence-electron chi connectivity index (χ0n) is 10.2. The molecular formula is C14H21NO. The summed E-state index contributed by atoms with van der Waals surface area (Å²) in [6.07, 6.45) is 1.95. The summed E-state index contributed by atoms with van der Waals surface area (Å²) < 4.78 is 0. The van der Waals surface area contributed by atoms with Gasteiger partial charge in [-0.3, -0.25) is 4.90 Å². The van der Waals surface area contributed by atoms with Crippen LogP contribution < -0.4 is 0 Å². The molecule has 0 aliphatic carbocycles. The lowest BCUT2D eigenvalue weighted by Gasteiger charge is -2.30. The van der Waals surface area contributed by atoms with Gasteiger partial charge < -0.3 is 5.11 Å². The van der Waals surface area contributed by atoms with E-state index in [1.54, 1.807) is 0 Å². The number of piperidine rings is 1. The summed E-state index contributed by atoms with van der Waals surface area (Å²) in [4.78, 5) is 2.35. The van der Waals surface area contributed by atoms with E-state index in [-0.39, 0.29) is 6.10 Å². The molecule has 2 heteroatoms. The van der Waals surface area contributed by atoms with Gasteiger partial charge in [-0.2, -0.15) is 0 Å². The van der Waals surface area contributed by atoms with E-state index in [1.165, 1.54) is 16.7 Å². The summed E-state index contributed by atoms with van der Waals surface area (Å²) >= 11 is 0. The van der Waals surface area contributed by atoms with Gasteiger partial charge in [-0.15, -0.1) is 0 Å². The first kappa shape index (κ1) is 11.6. The topological polar surface area (TPSA) is 23.5 Å². The molecule has 2 rings (SSSR count). The van der Waals surface area contributed by atoms with Crippen molar-refractivity contribution in [1.29, 1.82) is 0 Å². The second kappa shape index (κ2) is 4.98. The monoisotopic (exact) mass is 219 g/mol. The summed E-state index contributed by atoms with van der Waals surface area (Å²) in [5, 5.41) is 9.63. The molecule has 1 fully saturated rings. The Morgan fingerprint density at radius 3 is 2.88 bits per heavy atom. The van der Waals surface area contributed by atoms with Crippen molar-refractivity contribution in [3.05, 3.63) is 34.9 Å². The van der Waals surface area contributed by atoms with E-state index in [2.05, 4.69) is 36.9 Å². The summed E-state index contributed by atoms with van der Waals surface area (Å²) in [7, 11) is 0. The Bertz CT molecular complexity index is 362. The molecule has 1 N–H and O–H groups in total. The molecule has 0 aromatic heterocycles. The van der Waals surface area contributed by atoms with Gasteiger partial charge in [-0.05, 0) is 44.4 Å². The highest BCUT2D eigenvalue weighted by atomic mass is 16.3. The summed E-state index contributed by atoms with van der Waals surface area (Å²) in [5.74, 6) is 0. The molecule has 0 radical (unpaired) electrons. The van der Waals surface area contributed by atoms with Gasteiger partial charge in [0, 0.05) is 13.1 Å². The second-order valence-corrected chi connectivity index (χ2v) is 4.96. The van der Waals surface area contributed by atoms with E-state index < -0.39 is 0 Å². The molecule has 1 unspecified atom stereocenters. The van der Waals surface area contributed by atoms with Crippen molar-refractivity contribution in [2.45, 2.75) is 39.3 Å². The SMILES string of the molecule is Cc1ccc(CN2CCCC(O)C2)c(C)c1. The third kappa shape index (κ3) is 2.83. The minimum absolute atomic E-state index is 0.125. The van der Waals surface area contributed by atoms with Crippen molar-refractivity contribution >= 4 is 0 Å². The molecule has 1 atom stereocenters. The van der Waals surface area contributed by atoms with Gasteiger partial charge in [-0.25, -0.2) is 0 Å². The number of aliphatic hydroxyl groups excluding tert-OH is 1.